The zero-order valence-electron chi connectivity index (χ0n) is 3.98. The Morgan fingerprint density at radius 1 is 1.33 bits per heavy atom. The molecule has 0 fully saturated rings. The molecular formula is C5H11Se. The second kappa shape index (κ2) is 5.52. The summed E-state index contributed by atoms with van der Waals surface area (Å²) in [7, 11) is 0. The summed E-state index contributed by atoms with van der Waals surface area (Å²) in [4.78, 5) is 0. The molecule has 0 heterocycles. The van der Waals surface area contributed by atoms with E-state index in [1.54, 1.807) is 0 Å². The van der Waals surface area contributed by atoms with E-state index in [1.807, 2.05) is 0 Å². The van der Waals surface area contributed by atoms with Gasteiger partial charge >= 0.3 is 47.5 Å². The van der Waals surface area contributed by atoms with E-state index in [2.05, 4.69) is 22.9 Å². The maximum absolute atomic E-state index is 3.72. The van der Waals surface area contributed by atoms with E-state index < -0.39 is 0 Å². The molecule has 0 aromatic heterocycles. The number of rotatable bonds is 3. The quantitative estimate of drug-likeness (QED) is 0.420. The van der Waals surface area contributed by atoms with Gasteiger partial charge in [-0.1, -0.05) is 0 Å². The van der Waals surface area contributed by atoms with Gasteiger partial charge in [0, 0.05) is 0 Å². The summed E-state index contributed by atoms with van der Waals surface area (Å²) in [5.41, 5.74) is 0. The molecule has 0 aliphatic carbocycles. The molecule has 0 rings (SSSR count). The predicted octanol–water partition coefficient (Wildman–Crippen LogP) is 1.31. The van der Waals surface area contributed by atoms with Crippen molar-refractivity contribution in [2.24, 2.45) is 0 Å². The molecule has 0 saturated carbocycles. The zero-order valence-corrected chi connectivity index (χ0v) is 5.86. The van der Waals surface area contributed by atoms with E-state index in [0.29, 0.717) is 0 Å². The van der Waals surface area contributed by atoms with Crippen molar-refractivity contribution in [3.63, 3.8) is 0 Å². The molecule has 0 N–H and O–H groups in total. The van der Waals surface area contributed by atoms with Gasteiger partial charge in [-0.15, -0.1) is 0 Å². The molecule has 1 heteroatoms. The van der Waals surface area contributed by atoms with Gasteiger partial charge in [-0.3, -0.25) is 0 Å². The van der Waals surface area contributed by atoms with E-state index in [4.69, 9.17) is 0 Å². The van der Waals surface area contributed by atoms with Crippen LogP contribution in [0.5, 0.6) is 0 Å². The van der Waals surface area contributed by atoms with Gasteiger partial charge < -0.3 is 0 Å². The minimum absolute atomic E-state index is 1.10. The maximum atomic E-state index is 3.72. The SMILES string of the molecule is [CH2]CCCC[SeH]. The van der Waals surface area contributed by atoms with Gasteiger partial charge in [0.1, 0.15) is 0 Å². The summed E-state index contributed by atoms with van der Waals surface area (Å²) < 4.78 is 0. The van der Waals surface area contributed by atoms with Crippen molar-refractivity contribution < 1.29 is 0 Å². The van der Waals surface area contributed by atoms with E-state index in [9.17, 15) is 0 Å². The number of hydrogen-bond acceptors (Lipinski definition) is 0. The summed E-state index contributed by atoms with van der Waals surface area (Å²) in [5.74, 6) is 0. The molecule has 0 atom stereocenters. The van der Waals surface area contributed by atoms with Crippen LogP contribution in [-0.4, -0.2) is 16.0 Å². The third-order valence-corrected chi connectivity index (χ3v) is 1.32. The van der Waals surface area contributed by atoms with Gasteiger partial charge in [0.15, 0.2) is 0 Å². The molecule has 6 heavy (non-hydrogen) atoms. The molecule has 0 aromatic carbocycles. The van der Waals surface area contributed by atoms with Gasteiger partial charge in [0.25, 0.3) is 0 Å². The summed E-state index contributed by atoms with van der Waals surface area (Å²) in [6, 6.07) is 0. The molecular weight excluding hydrogens is 139 g/mol. The molecule has 0 saturated heterocycles. The molecule has 0 nitrogen and oxygen atoms in total. The molecule has 0 bridgehead atoms. The van der Waals surface area contributed by atoms with E-state index in [1.165, 1.54) is 18.2 Å². The first-order valence-electron chi connectivity index (χ1n) is 2.32. The average Bonchev–Trinajstić information content (AvgIpc) is 1.61. The Bertz CT molecular complexity index is 15.9. The van der Waals surface area contributed by atoms with Gasteiger partial charge in [-0.25, -0.2) is 0 Å². The van der Waals surface area contributed by atoms with Crippen molar-refractivity contribution in [3.8, 4) is 0 Å². The van der Waals surface area contributed by atoms with Crippen molar-refractivity contribution in [2.45, 2.75) is 24.6 Å². The van der Waals surface area contributed by atoms with Crippen LogP contribution < -0.4 is 0 Å². The summed E-state index contributed by atoms with van der Waals surface area (Å²) in [6.07, 6.45) is 3.70. The standard InChI is InChI=1S/C5H11Se/c1-2-3-4-5-6/h6H,1-5H2. The third-order valence-electron chi connectivity index (χ3n) is 0.658. The molecule has 0 amide bonds. The van der Waals surface area contributed by atoms with Crippen molar-refractivity contribution >= 4 is 16.0 Å². The normalized spacial score (nSPS) is 9.00. The summed E-state index contributed by atoms with van der Waals surface area (Å²) >= 11 is 2.58. The van der Waals surface area contributed by atoms with Gasteiger partial charge in [-0.05, 0) is 0 Å². The van der Waals surface area contributed by atoms with E-state index >= 15 is 0 Å². The van der Waals surface area contributed by atoms with Crippen LogP contribution >= 0.6 is 0 Å². The van der Waals surface area contributed by atoms with Gasteiger partial charge in [0.2, 0.25) is 0 Å². The zero-order chi connectivity index (χ0) is 4.83. The second-order valence-electron chi connectivity index (χ2n) is 1.28. The number of unbranched alkanes of at least 4 members (excludes halogenated alkanes) is 2. The Labute approximate surface area is 48.1 Å². The summed E-state index contributed by atoms with van der Waals surface area (Å²) in [5, 5.41) is 1.25. The minimum atomic E-state index is 1.10. The first kappa shape index (κ1) is 6.52. The Morgan fingerprint density at radius 2 is 2.00 bits per heavy atom. The molecule has 1 radical (unpaired) electrons. The summed E-state index contributed by atoms with van der Waals surface area (Å²) in [6.45, 7) is 3.72. The fourth-order valence-electron chi connectivity index (χ4n) is 0.289. The van der Waals surface area contributed by atoms with Gasteiger partial charge in [-0.2, -0.15) is 0 Å². The van der Waals surface area contributed by atoms with Crippen molar-refractivity contribution in [1.29, 1.82) is 0 Å². The van der Waals surface area contributed by atoms with Crippen LogP contribution in [-0.2, 0) is 0 Å². The third kappa shape index (κ3) is 4.52. The van der Waals surface area contributed by atoms with Crippen LogP contribution in [0.15, 0.2) is 0 Å². The average molecular weight is 150 g/mol. The van der Waals surface area contributed by atoms with Crippen LogP contribution in [0.2, 0.25) is 5.32 Å². The van der Waals surface area contributed by atoms with Crippen LogP contribution in [0.1, 0.15) is 19.3 Å². The van der Waals surface area contributed by atoms with Crippen molar-refractivity contribution in [3.05, 3.63) is 6.92 Å². The molecule has 0 spiro atoms. The van der Waals surface area contributed by atoms with E-state index in [0.717, 1.165) is 6.42 Å². The molecule has 0 aliphatic heterocycles. The Hall–Kier alpha value is 0.519. The topological polar surface area (TPSA) is 0 Å². The van der Waals surface area contributed by atoms with E-state index in [-0.39, 0.29) is 0 Å². The fraction of sp³-hybridized carbons (Fsp3) is 0.800. The van der Waals surface area contributed by atoms with Crippen molar-refractivity contribution in [1.82, 2.24) is 0 Å². The predicted molar refractivity (Wildman–Crippen MR) is 31.2 cm³/mol. The molecule has 37 valence electrons. The van der Waals surface area contributed by atoms with Crippen LogP contribution in [0.3, 0.4) is 0 Å². The first-order chi connectivity index (χ1) is 2.91. The Kier molecular flexibility index (Phi) is 6.00. The Balaban J connectivity index is 2.34. The fourth-order valence-corrected chi connectivity index (χ4v) is 0.758. The van der Waals surface area contributed by atoms with Gasteiger partial charge in [0.05, 0.1) is 0 Å². The first-order valence-corrected chi connectivity index (χ1v) is 3.64. The van der Waals surface area contributed by atoms with Crippen molar-refractivity contribution in [2.75, 3.05) is 0 Å². The monoisotopic (exact) mass is 151 g/mol. The molecule has 0 aliphatic rings. The van der Waals surface area contributed by atoms with Crippen LogP contribution in [0.4, 0.5) is 0 Å². The Morgan fingerprint density at radius 3 is 2.17 bits per heavy atom. The van der Waals surface area contributed by atoms with Crippen LogP contribution in [0, 0.1) is 6.92 Å². The molecule has 0 aromatic rings. The molecule has 0 unspecified atom stereocenters. The van der Waals surface area contributed by atoms with Crippen LogP contribution in [0.25, 0.3) is 0 Å². The second-order valence-corrected chi connectivity index (χ2v) is 2.22. The number of hydrogen-bond donors (Lipinski definition) is 0.